The van der Waals surface area contributed by atoms with Crippen molar-refractivity contribution >= 4 is 17.5 Å². The van der Waals surface area contributed by atoms with Crippen molar-refractivity contribution in [2.45, 2.75) is 0 Å². The van der Waals surface area contributed by atoms with Crippen LogP contribution in [-0.2, 0) is 0 Å². The van der Waals surface area contributed by atoms with Crippen LogP contribution in [0.15, 0.2) is 54.6 Å². The molecule has 0 aliphatic carbocycles. The van der Waals surface area contributed by atoms with Gasteiger partial charge in [0.15, 0.2) is 5.82 Å². The van der Waals surface area contributed by atoms with Gasteiger partial charge in [-0.05, 0) is 36.4 Å². The monoisotopic (exact) mass is 449 g/mol. The molecule has 9 nitrogen and oxygen atoms in total. The second-order valence-corrected chi connectivity index (χ2v) is 7.45. The molecule has 0 radical (unpaired) electrons. The van der Waals surface area contributed by atoms with E-state index in [1.54, 1.807) is 38.4 Å². The van der Waals surface area contributed by atoms with Crippen LogP contribution in [0, 0.1) is 0 Å². The van der Waals surface area contributed by atoms with Crippen molar-refractivity contribution in [2.75, 3.05) is 57.7 Å². The van der Waals surface area contributed by atoms with Crippen molar-refractivity contribution < 1.29 is 19.0 Å². The molecule has 9 heteroatoms. The van der Waals surface area contributed by atoms with Crippen LogP contribution in [0.25, 0.3) is 11.3 Å². The maximum Gasteiger partial charge on any atom is 0.322 e. The average molecular weight is 450 g/mol. The summed E-state index contributed by atoms with van der Waals surface area (Å²) < 4.78 is 16.0. The molecule has 0 unspecified atom stereocenters. The number of hydrogen-bond donors (Lipinski definition) is 1. The van der Waals surface area contributed by atoms with Gasteiger partial charge in [-0.3, -0.25) is 0 Å². The Morgan fingerprint density at radius 2 is 1.55 bits per heavy atom. The largest absolute Gasteiger partial charge is 0.497 e. The number of benzene rings is 2. The Bertz CT molecular complexity index is 1080. The zero-order valence-electron chi connectivity index (χ0n) is 18.9. The predicted octanol–water partition coefficient (Wildman–Crippen LogP) is 3.52. The molecular weight excluding hydrogens is 422 g/mol. The molecular formula is C24H27N5O4. The number of hydrogen-bond acceptors (Lipinski definition) is 7. The third-order valence-corrected chi connectivity index (χ3v) is 5.57. The number of nitrogens with zero attached hydrogens (tertiary/aromatic N) is 4. The Hall–Kier alpha value is -4.01. The lowest BCUT2D eigenvalue weighted by molar-refractivity contribution is 0.207. The number of anilines is 2. The van der Waals surface area contributed by atoms with E-state index in [-0.39, 0.29) is 6.03 Å². The first-order chi connectivity index (χ1) is 16.1. The highest BCUT2D eigenvalue weighted by Gasteiger charge is 2.24. The molecule has 1 N–H and O–H groups in total. The second kappa shape index (κ2) is 10.1. The first-order valence-electron chi connectivity index (χ1n) is 10.6. The number of nitrogens with one attached hydrogen (secondary N) is 1. The van der Waals surface area contributed by atoms with E-state index in [0.29, 0.717) is 43.4 Å². The fourth-order valence-corrected chi connectivity index (χ4v) is 3.73. The van der Waals surface area contributed by atoms with Crippen molar-refractivity contribution in [1.82, 2.24) is 15.1 Å². The highest BCUT2D eigenvalue weighted by atomic mass is 16.5. The molecule has 2 aromatic carbocycles. The van der Waals surface area contributed by atoms with Gasteiger partial charge in [-0.2, -0.15) is 0 Å². The maximum absolute atomic E-state index is 12.8. The molecule has 2 amide bonds. The normalized spacial score (nSPS) is 13.4. The highest BCUT2D eigenvalue weighted by Crippen LogP contribution is 2.34. The van der Waals surface area contributed by atoms with Crippen molar-refractivity contribution in [3.8, 4) is 28.5 Å². The van der Waals surface area contributed by atoms with Gasteiger partial charge in [0.05, 0.1) is 27.0 Å². The molecule has 1 aliphatic heterocycles. The number of aromatic nitrogens is 2. The SMILES string of the molecule is COc1cccc(-c2ccc(N3CCN(C(=O)Nc4c(OC)cccc4OC)CC3)nn2)c1. The summed E-state index contributed by atoms with van der Waals surface area (Å²) in [4.78, 5) is 16.7. The first-order valence-corrected chi connectivity index (χ1v) is 10.6. The van der Waals surface area contributed by atoms with E-state index in [1.807, 2.05) is 42.5 Å². The van der Waals surface area contributed by atoms with Crippen LogP contribution < -0.4 is 24.4 Å². The van der Waals surface area contributed by atoms with E-state index >= 15 is 0 Å². The van der Waals surface area contributed by atoms with Gasteiger partial charge in [0.25, 0.3) is 0 Å². The Morgan fingerprint density at radius 3 is 2.15 bits per heavy atom. The Balaban J connectivity index is 1.37. The van der Waals surface area contributed by atoms with E-state index < -0.39 is 0 Å². The van der Waals surface area contributed by atoms with Crippen LogP contribution >= 0.6 is 0 Å². The molecule has 1 saturated heterocycles. The molecule has 2 heterocycles. The molecule has 1 fully saturated rings. The van der Waals surface area contributed by atoms with Crippen LogP contribution in [-0.4, -0.2) is 68.6 Å². The minimum absolute atomic E-state index is 0.197. The van der Waals surface area contributed by atoms with Gasteiger partial charge >= 0.3 is 6.03 Å². The maximum atomic E-state index is 12.8. The van der Waals surface area contributed by atoms with Gasteiger partial charge in [-0.15, -0.1) is 10.2 Å². The Kier molecular flexibility index (Phi) is 6.77. The lowest BCUT2D eigenvalue weighted by atomic mass is 10.1. The number of rotatable bonds is 6. The van der Waals surface area contributed by atoms with Crippen LogP contribution in [0.2, 0.25) is 0 Å². The third kappa shape index (κ3) is 4.92. The quantitative estimate of drug-likeness (QED) is 0.616. The van der Waals surface area contributed by atoms with E-state index in [0.717, 1.165) is 22.8 Å². The van der Waals surface area contributed by atoms with Gasteiger partial charge in [0, 0.05) is 31.7 Å². The van der Waals surface area contributed by atoms with Crippen molar-refractivity contribution in [3.05, 3.63) is 54.6 Å². The molecule has 1 aromatic heterocycles. The predicted molar refractivity (Wildman–Crippen MR) is 126 cm³/mol. The smallest absolute Gasteiger partial charge is 0.322 e. The summed E-state index contributed by atoms with van der Waals surface area (Å²) in [5.74, 6) is 2.66. The van der Waals surface area contributed by atoms with Gasteiger partial charge in [-0.1, -0.05) is 18.2 Å². The molecule has 3 aromatic rings. The summed E-state index contributed by atoms with van der Waals surface area (Å²) in [5, 5.41) is 11.7. The van der Waals surface area contributed by atoms with Crippen LogP contribution in [0.1, 0.15) is 0 Å². The number of urea groups is 1. The summed E-state index contributed by atoms with van der Waals surface area (Å²) in [6, 6.07) is 16.8. The molecule has 4 rings (SSSR count). The minimum Gasteiger partial charge on any atom is -0.497 e. The topological polar surface area (TPSA) is 89.1 Å². The number of carbonyl (C=O) groups excluding carboxylic acids is 1. The summed E-state index contributed by atoms with van der Waals surface area (Å²) in [6.45, 7) is 2.43. The van der Waals surface area contributed by atoms with Gasteiger partial charge in [0.1, 0.15) is 22.9 Å². The van der Waals surface area contributed by atoms with Crippen LogP contribution in [0.5, 0.6) is 17.2 Å². The Morgan fingerprint density at radius 1 is 0.848 bits per heavy atom. The number of methoxy groups -OCH3 is 3. The molecule has 33 heavy (non-hydrogen) atoms. The third-order valence-electron chi connectivity index (χ3n) is 5.57. The summed E-state index contributed by atoms with van der Waals surface area (Å²) in [6.07, 6.45) is 0. The number of carbonyl (C=O) groups is 1. The van der Waals surface area contributed by atoms with Gasteiger partial charge in [-0.25, -0.2) is 4.79 Å². The van der Waals surface area contributed by atoms with Crippen LogP contribution in [0.3, 0.4) is 0 Å². The minimum atomic E-state index is -0.197. The van der Waals surface area contributed by atoms with Gasteiger partial charge < -0.3 is 29.3 Å². The summed E-state index contributed by atoms with van der Waals surface area (Å²) >= 11 is 0. The fraction of sp³-hybridized carbons (Fsp3) is 0.292. The van der Waals surface area contributed by atoms with Crippen molar-refractivity contribution in [1.29, 1.82) is 0 Å². The number of amides is 2. The number of para-hydroxylation sites is 1. The molecule has 0 atom stereocenters. The number of ether oxygens (including phenoxy) is 3. The van der Waals surface area contributed by atoms with E-state index in [9.17, 15) is 4.79 Å². The highest BCUT2D eigenvalue weighted by molar-refractivity contribution is 5.93. The zero-order valence-corrected chi connectivity index (χ0v) is 18.9. The first kappa shape index (κ1) is 22.2. The van der Waals surface area contributed by atoms with Crippen LogP contribution in [0.4, 0.5) is 16.3 Å². The average Bonchev–Trinajstić information content (AvgIpc) is 2.89. The van der Waals surface area contributed by atoms with E-state index in [1.165, 1.54) is 0 Å². The zero-order chi connectivity index (χ0) is 23.2. The lowest BCUT2D eigenvalue weighted by Gasteiger charge is -2.35. The van der Waals surface area contributed by atoms with E-state index in [4.69, 9.17) is 14.2 Å². The molecule has 0 bridgehead atoms. The number of piperazine rings is 1. The lowest BCUT2D eigenvalue weighted by Crippen LogP contribution is -2.50. The van der Waals surface area contributed by atoms with Gasteiger partial charge in [0.2, 0.25) is 0 Å². The molecule has 0 spiro atoms. The Labute approximate surface area is 192 Å². The molecule has 172 valence electrons. The van der Waals surface area contributed by atoms with Crippen molar-refractivity contribution in [2.24, 2.45) is 0 Å². The van der Waals surface area contributed by atoms with Crippen molar-refractivity contribution in [3.63, 3.8) is 0 Å². The molecule has 0 saturated carbocycles. The molecule has 1 aliphatic rings. The van der Waals surface area contributed by atoms with E-state index in [2.05, 4.69) is 20.4 Å². The second-order valence-electron chi connectivity index (χ2n) is 7.45. The summed E-state index contributed by atoms with van der Waals surface area (Å²) in [5.41, 5.74) is 2.25. The summed E-state index contributed by atoms with van der Waals surface area (Å²) in [7, 11) is 4.76. The standard InChI is InChI=1S/C24H27N5O4/c1-31-18-7-4-6-17(16-18)19-10-11-22(27-26-19)28-12-14-29(15-13-28)24(30)25-23-20(32-2)8-5-9-21(23)33-3/h4-11,16H,12-15H2,1-3H3,(H,25,30). The fourth-order valence-electron chi connectivity index (χ4n) is 3.73.